The molecular weight excluding hydrogens is 452 g/mol. The summed E-state index contributed by atoms with van der Waals surface area (Å²) in [6.07, 6.45) is 1.67. The van der Waals surface area contributed by atoms with Crippen molar-refractivity contribution < 1.29 is 32.6 Å². The van der Waals surface area contributed by atoms with E-state index < -0.39 is 5.97 Å². The molecule has 0 N–H and O–H groups in total. The average molecular weight is 481 g/mol. The van der Waals surface area contributed by atoms with E-state index in [0.717, 1.165) is 22.1 Å². The SMILES string of the molecule is COc1cc(-c2nnc(COC(=O)Cc3coc4cc(C)c(C(C)C)cc34)o2)cc(OC)c1OC. The summed E-state index contributed by atoms with van der Waals surface area (Å²) in [7, 11) is 4.57. The van der Waals surface area contributed by atoms with Crippen LogP contribution in [0.1, 0.15) is 42.3 Å². The highest BCUT2D eigenvalue weighted by Gasteiger charge is 2.19. The Labute approximate surface area is 202 Å². The first-order chi connectivity index (χ1) is 16.8. The van der Waals surface area contributed by atoms with E-state index in [1.54, 1.807) is 18.4 Å². The Balaban J connectivity index is 1.45. The maximum Gasteiger partial charge on any atom is 0.310 e. The van der Waals surface area contributed by atoms with Gasteiger partial charge in [0.2, 0.25) is 11.6 Å². The summed E-state index contributed by atoms with van der Waals surface area (Å²) in [4.78, 5) is 12.5. The van der Waals surface area contributed by atoms with Crippen LogP contribution in [-0.4, -0.2) is 37.5 Å². The molecule has 2 aromatic heterocycles. The molecule has 0 amide bonds. The topological polar surface area (TPSA) is 106 Å². The van der Waals surface area contributed by atoms with Crippen molar-refractivity contribution in [2.75, 3.05) is 21.3 Å². The van der Waals surface area contributed by atoms with Crippen LogP contribution in [0.15, 0.2) is 39.4 Å². The Morgan fingerprint density at radius 3 is 2.34 bits per heavy atom. The van der Waals surface area contributed by atoms with Gasteiger partial charge >= 0.3 is 5.97 Å². The smallest absolute Gasteiger partial charge is 0.310 e. The van der Waals surface area contributed by atoms with Crippen LogP contribution in [0.25, 0.3) is 22.4 Å². The molecular formula is C26H28N2O7. The van der Waals surface area contributed by atoms with Crippen LogP contribution in [-0.2, 0) is 22.6 Å². The van der Waals surface area contributed by atoms with E-state index in [1.165, 1.54) is 26.9 Å². The van der Waals surface area contributed by atoms with Gasteiger partial charge in [0, 0.05) is 16.5 Å². The molecule has 9 heteroatoms. The Morgan fingerprint density at radius 2 is 1.71 bits per heavy atom. The minimum absolute atomic E-state index is 0.0709. The number of aryl methyl sites for hydroxylation is 1. The number of hydrogen-bond acceptors (Lipinski definition) is 9. The Morgan fingerprint density at radius 1 is 1.00 bits per heavy atom. The number of ether oxygens (including phenoxy) is 4. The zero-order valence-corrected chi connectivity index (χ0v) is 20.6. The lowest BCUT2D eigenvalue weighted by atomic mass is 9.95. The minimum Gasteiger partial charge on any atom is -0.493 e. The molecule has 4 rings (SSSR count). The highest BCUT2D eigenvalue weighted by atomic mass is 16.5. The van der Waals surface area contributed by atoms with Crippen molar-refractivity contribution in [2.45, 2.75) is 39.7 Å². The maximum atomic E-state index is 12.5. The summed E-state index contributed by atoms with van der Waals surface area (Å²) >= 11 is 0. The second-order valence-electron chi connectivity index (χ2n) is 8.37. The molecule has 9 nitrogen and oxygen atoms in total. The van der Waals surface area contributed by atoms with Crippen LogP contribution in [0.3, 0.4) is 0 Å². The summed E-state index contributed by atoms with van der Waals surface area (Å²) in [6, 6.07) is 7.48. The predicted molar refractivity (Wildman–Crippen MR) is 128 cm³/mol. The molecule has 0 aliphatic heterocycles. The highest BCUT2D eigenvalue weighted by Crippen LogP contribution is 2.41. The molecule has 0 spiro atoms. The van der Waals surface area contributed by atoms with Crippen molar-refractivity contribution >= 4 is 16.9 Å². The quantitative estimate of drug-likeness (QED) is 0.298. The standard InChI is InChI=1S/C26H28N2O7/c1-14(2)18-11-19-17(12-33-20(19)7-15(18)3)10-24(29)34-13-23-27-28-26(35-23)16-8-21(30-4)25(32-6)22(9-16)31-5/h7-9,11-12,14H,10,13H2,1-6H3. The fraction of sp³-hybridized carbons (Fsp3) is 0.346. The number of aromatic nitrogens is 2. The molecule has 0 unspecified atom stereocenters. The van der Waals surface area contributed by atoms with E-state index in [2.05, 4.69) is 37.0 Å². The molecule has 0 saturated carbocycles. The van der Waals surface area contributed by atoms with E-state index in [0.29, 0.717) is 28.7 Å². The molecule has 0 bridgehead atoms. The third kappa shape index (κ3) is 4.94. The van der Waals surface area contributed by atoms with Gasteiger partial charge in [0.05, 0.1) is 34.0 Å². The van der Waals surface area contributed by atoms with E-state index >= 15 is 0 Å². The van der Waals surface area contributed by atoms with Gasteiger partial charge in [-0.1, -0.05) is 13.8 Å². The normalized spacial score (nSPS) is 11.2. The molecule has 35 heavy (non-hydrogen) atoms. The van der Waals surface area contributed by atoms with Crippen LogP contribution >= 0.6 is 0 Å². The van der Waals surface area contributed by atoms with Gasteiger partial charge in [0.1, 0.15) is 5.58 Å². The van der Waals surface area contributed by atoms with Crippen LogP contribution in [0.5, 0.6) is 17.2 Å². The molecule has 0 aliphatic rings. The number of furan rings is 1. The van der Waals surface area contributed by atoms with Gasteiger partial charge in [-0.05, 0) is 48.2 Å². The summed E-state index contributed by atoms with van der Waals surface area (Å²) < 4.78 is 32.8. The molecule has 184 valence electrons. The number of carbonyl (C=O) groups excluding carboxylic acids is 1. The van der Waals surface area contributed by atoms with E-state index in [9.17, 15) is 4.79 Å². The van der Waals surface area contributed by atoms with Gasteiger partial charge in [0.15, 0.2) is 18.1 Å². The first kappa shape index (κ1) is 24.1. The number of benzene rings is 2. The Bertz CT molecular complexity index is 1330. The molecule has 0 saturated heterocycles. The Kier molecular flexibility index (Phi) is 6.95. The lowest BCUT2D eigenvalue weighted by molar-refractivity contribution is -0.144. The molecule has 2 aromatic carbocycles. The highest BCUT2D eigenvalue weighted by molar-refractivity contribution is 5.87. The molecule has 2 heterocycles. The molecule has 0 atom stereocenters. The fourth-order valence-electron chi connectivity index (χ4n) is 3.99. The number of carbonyl (C=O) groups is 1. The van der Waals surface area contributed by atoms with Gasteiger partial charge in [-0.3, -0.25) is 4.79 Å². The zero-order valence-electron chi connectivity index (χ0n) is 20.6. The lowest BCUT2D eigenvalue weighted by Crippen LogP contribution is -2.08. The minimum atomic E-state index is -0.424. The lowest BCUT2D eigenvalue weighted by Gasteiger charge is -2.12. The molecule has 0 radical (unpaired) electrons. The molecule has 4 aromatic rings. The summed E-state index contributed by atoms with van der Waals surface area (Å²) in [6.45, 7) is 6.18. The summed E-state index contributed by atoms with van der Waals surface area (Å²) in [5.74, 6) is 1.70. The van der Waals surface area contributed by atoms with Crippen molar-refractivity contribution in [1.29, 1.82) is 0 Å². The number of esters is 1. The first-order valence-corrected chi connectivity index (χ1v) is 11.1. The van der Waals surface area contributed by atoms with Gasteiger partial charge in [-0.15, -0.1) is 10.2 Å². The van der Waals surface area contributed by atoms with Gasteiger partial charge < -0.3 is 27.8 Å². The number of rotatable bonds is 9. The van der Waals surface area contributed by atoms with Crippen LogP contribution in [0.2, 0.25) is 0 Å². The van der Waals surface area contributed by atoms with Gasteiger partial charge in [-0.2, -0.15) is 0 Å². The van der Waals surface area contributed by atoms with Gasteiger partial charge in [0.25, 0.3) is 5.89 Å². The van der Waals surface area contributed by atoms with Crippen LogP contribution < -0.4 is 14.2 Å². The molecule has 0 fully saturated rings. The van der Waals surface area contributed by atoms with Crippen LogP contribution in [0, 0.1) is 6.92 Å². The molecule has 0 aliphatic carbocycles. The number of nitrogens with zero attached hydrogens (tertiary/aromatic N) is 2. The first-order valence-electron chi connectivity index (χ1n) is 11.1. The summed E-state index contributed by atoms with van der Waals surface area (Å²) in [5.41, 5.74) is 4.48. The average Bonchev–Trinajstić information content (AvgIpc) is 3.48. The third-order valence-electron chi connectivity index (χ3n) is 5.73. The maximum absolute atomic E-state index is 12.5. The van der Waals surface area contributed by atoms with E-state index in [4.69, 9.17) is 27.8 Å². The largest absolute Gasteiger partial charge is 0.493 e. The Hall–Kier alpha value is -4.01. The van der Waals surface area contributed by atoms with Crippen molar-refractivity contribution in [2.24, 2.45) is 0 Å². The van der Waals surface area contributed by atoms with E-state index in [1.807, 2.05) is 6.07 Å². The van der Waals surface area contributed by atoms with Crippen molar-refractivity contribution in [3.05, 3.63) is 53.1 Å². The number of methoxy groups -OCH3 is 3. The van der Waals surface area contributed by atoms with Gasteiger partial charge in [-0.25, -0.2) is 0 Å². The monoisotopic (exact) mass is 480 g/mol. The zero-order chi connectivity index (χ0) is 25.1. The van der Waals surface area contributed by atoms with Crippen LogP contribution in [0.4, 0.5) is 0 Å². The van der Waals surface area contributed by atoms with Crippen molar-refractivity contribution in [3.8, 4) is 28.7 Å². The predicted octanol–water partition coefficient (Wildman–Crippen LogP) is 5.23. The number of hydrogen-bond donors (Lipinski definition) is 0. The second-order valence-corrected chi connectivity index (χ2v) is 8.37. The third-order valence-corrected chi connectivity index (χ3v) is 5.73. The fourth-order valence-corrected chi connectivity index (χ4v) is 3.99. The summed E-state index contributed by atoms with van der Waals surface area (Å²) in [5, 5.41) is 8.94. The number of fused-ring (bicyclic) bond motifs is 1. The van der Waals surface area contributed by atoms with Crippen molar-refractivity contribution in [1.82, 2.24) is 10.2 Å². The second kappa shape index (κ2) is 10.1. The van der Waals surface area contributed by atoms with Crippen molar-refractivity contribution in [3.63, 3.8) is 0 Å². The van der Waals surface area contributed by atoms with E-state index in [-0.39, 0.29) is 24.8 Å².